The molecule has 6 heteroatoms. The van der Waals surface area contributed by atoms with Gasteiger partial charge in [-0.3, -0.25) is 0 Å². The molecule has 0 N–H and O–H groups in total. The number of hydrogen-bond donors (Lipinski definition) is 0. The van der Waals surface area contributed by atoms with Gasteiger partial charge in [-0.15, -0.1) is 0 Å². The molecule has 0 aromatic rings. The Bertz CT molecular complexity index is 408. The summed E-state index contributed by atoms with van der Waals surface area (Å²) in [6.45, 7) is 15.1. The van der Waals surface area contributed by atoms with Gasteiger partial charge in [-0.05, 0) is 0 Å². The second-order valence-corrected chi connectivity index (χ2v) is 28.9. The topological polar surface area (TPSA) is 0 Å². The van der Waals surface area contributed by atoms with E-state index in [0.29, 0.717) is 0 Å². The molecular formula is C12H20Se4Si2. The predicted octanol–water partition coefficient (Wildman–Crippen LogP) is 2.39. The van der Waals surface area contributed by atoms with Crippen LogP contribution in [-0.4, -0.2) is 76.0 Å². The molecule has 2 aliphatic rings. The fraction of sp³-hybridized carbons (Fsp3) is 0.500. The average Bonchev–Trinajstić information content (AvgIpc) is 2.84. The number of hydrogen-bond acceptors (Lipinski definition) is 0. The molecule has 0 saturated heterocycles. The van der Waals surface area contributed by atoms with Crippen molar-refractivity contribution < 1.29 is 0 Å². The summed E-state index contributed by atoms with van der Waals surface area (Å²) in [5.74, 6) is 0. The van der Waals surface area contributed by atoms with E-state index < -0.39 is 16.1 Å². The maximum atomic E-state index is 2.65. The van der Waals surface area contributed by atoms with Gasteiger partial charge in [0, 0.05) is 0 Å². The molecule has 0 aromatic carbocycles. The Kier molecular flexibility index (Phi) is 5.23. The maximum absolute atomic E-state index is 2.65. The second-order valence-electron chi connectivity index (χ2n) is 6.48. The summed E-state index contributed by atoms with van der Waals surface area (Å²) in [6, 6.07) is 0. The minimum absolute atomic E-state index is 0.733. The molecule has 2 aliphatic heterocycles. The van der Waals surface area contributed by atoms with Gasteiger partial charge >= 0.3 is 140 Å². The Morgan fingerprint density at radius 2 is 1.00 bits per heavy atom. The number of rotatable bonds is 2. The first-order valence-electron chi connectivity index (χ1n) is 6.02. The van der Waals surface area contributed by atoms with E-state index in [1.807, 2.05) is 14.9 Å². The van der Waals surface area contributed by atoms with Gasteiger partial charge in [-0.1, -0.05) is 0 Å². The average molecular weight is 536 g/mol. The van der Waals surface area contributed by atoms with Gasteiger partial charge in [0.15, 0.2) is 0 Å². The quantitative estimate of drug-likeness (QED) is 0.476. The molecule has 0 spiro atoms. The predicted molar refractivity (Wildman–Crippen MR) is 92.9 cm³/mol. The van der Waals surface area contributed by atoms with E-state index in [4.69, 9.17) is 0 Å². The van der Waals surface area contributed by atoms with Gasteiger partial charge in [0.1, 0.15) is 0 Å². The SMILES string of the molecule is C[Si](C)(C)C1=C[Se]/C(=C2\[Se]C=C([Si](C)(C)C)[Se]2)[Se]1. The molecule has 18 heavy (non-hydrogen) atoms. The van der Waals surface area contributed by atoms with Gasteiger partial charge in [0.05, 0.1) is 0 Å². The molecule has 0 saturated carbocycles. The molecule has 0 aromatic heterocycles. The van der Waals surface area contributed by atoms with E-state index in [0.717, 1.165) is 59.8 Å². The van der Waals surface area contributed by atoms with Crippen LogP contribution in [0.15, 0.2) is 24.9 Å². The molecule has 0 fully saturated rings. The molecule has 0 unspecified atom stereocenters. The van der Waals surface area contributed by atoms with Crippen molar-refractivity contribution in [2.45, 2.75) is 39.3 Å². The Balaban J connectivity index is 2.07. The van der Waals surface area contributed by atoms with E-state index in [1.54, 1.807) is 0 Å². The van der Waals surface area contributed by atoms with Crippen LogP contribution in [0.3, 0.4) is 0 Å². The molecular weight excluding hydrogens is 516 g/mol. The molecule has 0 atom stereocenters. The minimum atomic E-state index is -0.995. The van der Waals surface area contributed by atoms with Crippen molar-refractivity contribution in [2.75, 3.05) is 0 Å². The molecule has 2 heterocycles. The molecule has 0 bridgehead atoms. The fourth-order valence-electron chi connectivity index (χ4n) is 1.35. The molecule has 0 nitrogen and oxygen atoms in total. The van der Waals surface area contributed by atoms with Crippen LogP contribution in [0.2, 0.25) is 39.3 Å². The summed E-state index contributed by atoms with van der Waals surface area (Å²) in [6.07, 6.45) is 0. The Morgan fingerprint density at radius 3 is 1.22 bits per heavy atom. The molecule has 0 amide bonds. The van der Waals surface area contributed by atoms with E-state index in [2.05, 4.69) is 49.2 Å². The first kappa shape index (κ1) is 16.1. The van der Waals surface area contributed by atoms with Crippen molar-refractivity contribution in [1.29, 1.82) is 0 Å². The van der Waals surface area contributed by atoms with Gasteiger partial charge in [-0.2, -0.15) is 0 Å². The van der Waals surface area contributed by atoms with Crippen LogP contribution in [-0.2, 0) is 0 Å². The van der Waals surface area contributed by atoms with E-state index >= 15 is 0 Å². The Labute approximate surface area is 139 Å². The summed E-state index contributed by atoms with van der Waals surface area (Å²) < 4.78 is 7.67. The Hall–Kier alpha value is 1.73. The second kappa shape index (κ2) is 5.85. The molecule has 100 valence electrons. The zero-order valence-electron chi connectivity index (χ0n) is 11.8. The van der Waals surface area contributed by atoms with Gasteiger partial charge in [0.2, 0.25) is 0 Å². The molecule has 0 aliphatic carbocycles. The van der Waals surface area contributed by atoms with Crippen LogP contribution in [0, 0.1) is 0 Å². The first-order chi connectivity index (χ1) is 8.18. The first-order valence-corrected chi connectivity index (χ1v) is 20.1. The van der Waals surface area contributed by atoms with Crippen LogP contribution in [0.1, 0.15) is 0 Å². The van der Waals surface area contributed by atoms with Crippen molar-refractivity contribution >= 4 is 76.0 Å². The summed E-state index contributed by atoms with van der Waals surface area (Å²) in [5.41, 5.74) is 0. The third-order valence-corrected chi connectivity index (χ3v) is 29.9. The summed E-state index contributed by atoms with van der Waals surface area (Å²) >= 11 is 2.98. The third kappa shape index (κ3) is 3.89. The zero-order chi connectivity index (χ0) is 13.6. The third-order valence-electron chi connectivity index (χ3n) is 2.60. The summed E-state index contributed by atoms with van der Waals surface area (Å²) in [4.78, 5) is 5.31. The van der Waals surface area contributed by atoms with Crippen LogP contribution in [0.5, 0.6) is 0 Å². The summed E-state index contributed by atoms with van der Waals surface area (Å²) in [5, 5.41) is 0. The van der Waals surface area contributed by atoms with Crippen LogP contribution < -0.4 is 0 Å². The van der Waals surface area contributed by atoms with E-state index in [9.17, 15) is 0 Å². The van der Waals surface area contributed by atoms with Crippen LogP contribution in [0.4, 0.5) is 0 Å². The van der Waals surface area contributed by atoms with E-state index in [1.165, 1.54) is 0 Å². The van der Waals surface area contributed by atoms with E-state index in [-0.39, 0.29) is 0 Å². The van der Waals surface area contributed by atoms with Crippen molar-refractivity contribution in [3.05, 3.63) is 24.9 Å². The van der Waals surface area contributed by atoms with Crippen molar-refractivity contribution in [3.63, 3.8) is 0 Å². The Morgan fingerprint density at radius 1 is 0.667 bits per heavy atom. The molecule has 2 rings (SSSR count). The van der Waals surface area contributed by atoms with Gasteiger partial charge < -0.3 is 0 Å². The molecule has 0 radical (unpaired) electrons. The van der Waals surface area contributed by atoms with Crippen molar-refractivity contribution in [1.82, 2.24) is 0 Å². The normalized spacial score (nSPS) is 25.4. The standard InChI is InChI=1S/C12H20Se4Si2/c1-17(2,3)9-7-13-11(15-9)12-14-8-10(16-12)18(4,5)6/h7-8H,1-6H3/b12-11-. The van der Waals surface area contributed by atoms with Crippen LogP contribution >= 0.6 is 0 Å². The van der Waals surface area contributed by atoms with Crippen LogP contribution in [0.25, 0.3) is 0 Å². The van der Waals surface area contributed by atoms with Crippen molar-refractivity contribution in [3.8, 4) is 0 Å². The summed E-state index contributed by atoms with van der Waals surface area (Å²) in [7, 11) is -1.99. The van der Waals surface area contributed by atoms with Gasteiger partial charge in [-0.25, -0.2) is 0 Å². The fourth-order valence-corrected chi connectivity index (χ4v) is 27.3. The van der Waals surface area contributed by atoms with Crippen molar-refractivity contribution in [2.24, 2.45) is 0 Å². The monoisotopic (exact) mass is 540 g/mol. The van der Waals surface area contributed by atoms with Gasteiger partial charge in [0.25, 0.3) is 0 Å². The zero-order valence-corrected chi connectivity index (χ0v) is 20.6.